The first-order valence-corrected chi connectivity index (χ1v) is 7.15. The third-order valence-electron chi connectivity index (χ3n) is 4.01. The van der Waals surface area contributed by atoms with E-state index in [9.17, 15) is 9.90 Å². The fourth-order valence-electron chi connectivity index (χ4n) is 2.95. The van der Waals surface area contributed by atoms with Gasteiger partial charge < -0.3 is 23.9 Å². The number of carbonyl (C=O) groups is 1. The molecule has 0 fully saturated rings. The summed E-state index contributed by atoms with van der Waals surface area (Å²) in [6, 6.07) is 1.81. The Morgan fingerprint density at radius 1 is 1.22 bits per heavy atom. The number of carboxylic acids is 1. The monoisotopic (exact) mass is 319 g/mol. The van der Waals surface area contributed by atoms with Crippen molar-refractivity contribution in [2.45, 2.75) is 13.3 Å². The van der Waals surface area contributed by atoms with Crippen molar-refractivity contribution < 1.29 is 24.1 Å². The fraction of sp³-hybridized carbons (Fsp3) is 0.353. The molecule has 0 atom stereocenters. The third kappa shape index (κ3) is 2.40. The Morgan fingerprint density at radius 3 is 2.26 bits per heavy atom. The minimum Gasteiger partial charge on any atom is -0.493 e. The molecule has 6 heteroatoms. The van der Waals surface area contributed by atoms with Crippen LogP contribution in [0.5, 0.6) is 17.2 Å². The summed E-state index contributed by atoms with van der Waals surface area (Å²) >= 11 is 0. The molecule has 0 aliphatic heterocycles. The summed E-state index contributed by atoms with van der Waals surface area (Å²) in [5.74, 6) is 0.321. The van der Waals surface area contributed by atoms with E-state index in [1.54, 1.807) is 7.11 Å². The highest BCUT2D eigenvalue weighted by Gasteiger charge is 2.27. The Morgan fingerprint density at radius 2 is 1.83 bits per heavy atom. The van der Waals surface area contributed by atoms with Gasteiger partial charge in [-0.2, -0.15) is 0 Å². The van der Waals surface area contributed by atoms with E-state index < -0.39 is 5.97 Å². The van der Waals surface area contributed by atoms with Crippen LogP contribution in [0.3, 0.4) is 0 Å². The zero-order valence-corrected chi connectivity index (χ0v) is 14.0. The van der Waals surface area contributed by atoms with Gasteiger partial charge in [-0.3, -0.25) is 0 Å². The van der Waals surface area contributed by atoms with Gasteiger partial charge in [0.15, 0.2) is 11.5 Å². The maximum absolute atomic E-state index is 11.5. The molecule has 0 saturated heterocycles. The smallest absolute Gasteiger partial charge is 0.335 e. The molecule has 1 aromatic heterocycles. The van der Waals surface area contributed by atoms with Gasteiger partial charge in [-0.05, 0) is 6.42 Å². The van der Waals surface area contributed by atoms with Crippen molar-refractivity contribution in [3.63, 3.8) is 0 Å². The number of aromatic nitrogens is 1. The van der Waals surface area contributed by atoms with Gasteiger partial charge >= 0.3 is 5.97 Å². The number of aryl methyl sites for hydroxylation is 1. The Bertz CT molecular complexity index is 788. The minimum absolute atomic E-state index is 0.0259. The molecule has 0 spiro atoms. The van der Waals surface area contributed by atoms with Gasteiger partial charge in [0.2, 0.25) is 5.75 Å². The number of hydrogen-bond donors (Lipinski definition) is 1. The van der Waals surface area contributed by atoms with Crippen LogP contribution in [0, 0.1) is 0 Å². The molecule has 0 aliphatic rings. The first-order valence-electron chi connectivity index (χ1n) is 7.15. The Balaban J connectivity index is 3.05. The highest BCUT2D eigenvalue weighted by atomic mass is 16.5. The molecule has 0 radical (unpaired) electrons. The van der Waals surface area contributed by atoms with Gasteiger partial charge in [-0.25, -0.2) is 4.79 Å². The largest absolute Gasteiger partial charge is 0.493 e. The molecule has 23 heavy (non-hydrogen) atoms. The zero-order chi connectivity index (χ0) is 17.3. The molecule has 0 amide bonds. The van der Waals surface area contributed by atoms with Gasteiger partial charge in [0, 0.05) is 24.4 Å². The Hall–Kier alpha value is -2.63. The zero-order valence-electron chi connectivity index (χ0n) is 14.0. The molecule has 2 aromatic rings. The highest BCUT2D eigenvalue weighted by Crippen LogP contribution is 2.47. The summed E-state index contributed by atoms with van der Waals surface area (Å²) in [7, 11) is 6.46. The molecule has 0 bridgehead atoms. The van der Waals surface area contributed by atoms with Crippen LogP contribution in [0.25, 0.3) is 16.5 Å². The van der Waals surface area contributed by atoms with Gasteiger partial charge in [-0.1, -0.05) is 13.5 Å². The van der Waals surface area contributed by atoms with Gasteiger partial charge in [0.1, 0.15) is 0 Å². The van der Waals surface area contributed by atoms with Crippen LogP contribution >= 0.6 is 0 Å². The van der Waals surface area contributed by atoms with Gasteiger partial charge in [0.05, 0.1) is 37.8 Å². The highest BCUT2D eigenvalue weighted by molar-refractivity contribution is 6.20. The van der Waals surface area contributed by atoms with E-state index in [0.29, 0.717) is 34.6 Å². The number of rotatable bonds is 6. The Kier molecular flexibility index (Phi) is 4.54. The van der Waals surface area contributed by atoms with Crippen molar-refractivity contribution in [3.8, 4) is 17.2 Å². The second kappa shape index (κ2) is 6.24. The lowest BCUT2D eigenvalue weighted by Gasteiger charge is -2.14. The van der Waals surface area contributed by atoms with E-state index in [-0.39, 0.29) is 5.57 Å². The first kappa shape index (κ1) is 16.7. The quantitative estimate of drug-likeness (QED) is 0.829. The van der Waals surface area contributed by atoms with E-state index in [1.807, 2.05) is 24.6 Å². The van der Waals surface area contributed by atoms with Crippen molar-refractivity contribution >= 4 is 22.4 Å². The van der Waals surface area contributed by atoms with Crippen LogP contribution in [0.15, 0.2) is 12.6 Å². The van der Waals surface area contributed by atoms with Crippen LogP contribution in [-0.4, -0.2) is 37.0 Å². The van der Waals surface area contributed by atoms with Gasteiger partial charge in [0.25, 0.3) is 0 Å². The molecule has 1 heterocycles. The summed E-state index contributed by atoms with van der Waals surface area (Å²) in [6.07, 6.45) is 0.653. The third-order valence-corrected chi connectivity index (χ3v) is 4.01. The van der Waals surface area contributed by atoms with Crippen LogP contribution < -0.4 is 14.2 Å². The number of ether oxygens (including phenoxy) is 3. The molecule has 124 valence electrons. The second-order valence-electron chi connectivity index (χ2n) is 5.06. The second-order valence-corrected chi connectivity index (χ2v) is 5.06. The van der Waals surface area contributed by atoms with Gasteiger partial charge in [-0.15, -0.1) is 0 Å². The molecular weight excluding hydrogens is 298 g/mol. The molecule has 0 saturated carbocycles. The number of carboxylic acid groups (broad SMARTS) is 1. The number of methoxy groups -OCH3 is 3. The van der Waals surface area contributed by atoms with E-state index in [1.165, 1.54) is 14.2 Å². The number of hydrogen-bond acceptors (Lipinski definition) is 4. The lowest BCUT2D eigenvalue weighted by Crippen LogP contribution is -2.03. The average Bonchev–Trinajstić information content (AvgIpc) is 2.83. The van der Waals surface area contributed by atoms with Crippen molar-refractivity contribution in [1.29, 1.82) is 0 Å². The molecule has 0 unspecified atom stereocenters. The maximum atomic E-state index is 11.5. The molecule has 2 rings (SSSR count). The predicted octanol–water partition coefficient (Wildman–Crippen LogP) is 2.86. The van der Waals surface area contributed by atoms with Crippen molar-refractivity contribution in [1.82, 2.24) is 4.57 Å². The van der Waals surface area contributed by atoms with Crippen LogP contribution in [-0.2, 0) is 18.3 Å². The topological polar surface area (TPSA) is 69.9 Å². The predicted molar refractivity (Wildman–Crippen MR) is 88.6 cm³/mol. The lowest BCUT2D eigenvalue weighted by molar-refractivity contribution is -0.130. The SMILES string of the molecule is C=C(C(=O)O)c1c(CC)n(C)c2cc(OC)c(OC)c(OC)c12. The minimum atomic E-state index is -1.07. The van der Waals surface area contributed by atoms with E-state index in [2.05, 4.69) is 6.58 Å². The number of fused-ring (bicyclic) bond motifs is 1. The van der Waals surface area contributed by atoms with Crippen molar-refractivity contribution in [2.24, 2.45) is 7.05 Å². The molecule has 6 nitrogen and oxygen atoms in total. The molecular formula is C17H21NO5. The summed E-state index contributed by atoms with van der Waals surface area (Å²) in [5, 5.41) is 10.1. The Labute approximate surface area is 134 Å². The van der Waals surface area contributed by atoms with E-state index >= 15 is 0 Å². The summed E-state index contributed by atoms with van der Waals surface area (Å²) in [5.41, 5.74) is 2.25. The number of benzene rings is 1. The van der Waals surface area contributed by atoms with Crippen LogP contribution in [0.2, 0.25) is 0 Å². The standard InChI is InChI=1S/C17H21NO5/c1-7-10-13(9(2)17(19)20)14-11(18(10)3)8-12(21-4)15(22-5)16(14)23-6/h8H,2,7H2,1,3-6H3,(H,19,20). The first-order chi connectivity index (χ1) is 10.9. The van der Waals surface area contributed by atoms with Crippen LogP contribution in [0.4, 0.5) is 0 Å². The van der Waals surface area contributed by atoms with Crippen molar-refractivity contribution in [3.05, 3.63) is 23.9 Å². The normalized spacial score (nSPS) is 10.7. The molecule has 1 N–H and O–H groups in total. The lowest BCUT2D eigenvalue weighted by atomic mass is 10.0. The summed E-state index contributed by atoms with van der Waals surface area (Å²) in [6.45, 7) is 5.70. The fourth-order valence-corrected chi connectivity index (χ4v) is 2.95. The van der Waals surface area contributed by atoms with Crippen molar-refractivity contribution in [2.75, 3.05) is 21.3 Å². The molecule has 0 aliphatic carbocycles. The maximum Gasteiger partial charge on any atom is 0.335 e. The molecule has 1 aromatic carbocycles. The van der Waals surface area contributed by atoms with E-state index in [4.69, 9.17) is 14.2 Å². The summed E-state index contributed by atoms with van der Waals surface area (Å²) in [4.78, 5) is 11.5. The summed E-state index contributed by atoms with van der Waals surface area (Å²) < 4.78 is 18.2. The number of nitrogens with zero attached hydrogens (tertiary/aromatic N) is 1. The van der Waals surface area contributed by atoms with Crippen LogP contribution in [0.1, 0.15) is 18.2 Å². The van der Waals surface area contributed by atoms with E-state index in [0.717, 1.165) is 11.2 Å². The number of aliphatic carboxylic acids is 1. The average molecular weight is 319 g/mol.